The van der Waals surface area contributed by atoms with E-state index in [0.29, 0.717) is 15.2 Å². The van der Waals surface area contributed by atoms with Gasteiger partial charge in [-0.2, -0.15) is 0 Å². The first-order valence-electron chi connectivity index (χ1n) is 7.04. The topological polar surface area (TPSA) is 42.0 Å². The molecule has 0 atom stereocenters. The molecule has 23 heavy (non-hydrogen) atoms. The normalized spacial score (nSPS) is 11.0. The molecular formula is C17H14BrFN2OS. The minimum atomic E-state index is -0.404. The number of halogens is 2. The van der Waals surface area contributed by atoms with Gasteiger partial charge in [0.05, 0.1) is 21.1 Å². The molecule has 1 amide bonds. The van der Waals surface area contributed by atoms with Crippen LogP contribution in [0.5, 0.6) is 0 Å². The van der Waals surface area contributed by atoms with E-state index < -0.39 is 5.82 Å². The lowest BCUT2D eigenvalue weighted by Gasteiger charge is -2.04. The summed E-state index contributed by atoms with van der Waals surface area (Å²) >= 11 is 4.56. The quantitative estimate of drug-likeness (QED) is 0.681. The number of rotatable bonds is 3. The molecule has 1 aromatic heterocycles. The van der Waals surface area contributed by atoms with Crippen LogP contribution in [0, 0.1) is 19.7 Å². The number of hydrogen-bond donors (Lipinski definition) is 1. The van der Waals surface area contributed by atoms with Crippen LogP contribution in [0.15, 0.2) is 34.8 Å². The highest BCUT2D eigenvalue weighted by Crippen LogP contribution is 2.30. The van der Waals surface area contributed by atoms with Crippen LogP contribution in [0.4, 0.5) is 9.52 Å². The second-order valence-corrected chi connectivity index (χ2v) is 7.24. The van der Waals surface area contributed by atoms with Crippen LogP contribution in [0.25, 0.3) is 10.2 Å². The average molecular weight is 393 g/mol. The lowest BCUT2D eigenvalue weighted by Crippen LogP contribution is -2.15. The molecule has 0 unspecified atom stereocenters. The number of fused-ring (bicyclic) bond motifs is 1. The van der Waals surface area contributed by atoms with Gasteiger partial charge in [-0.1, -0.05) is 29.5 Å². The van der Waals surface area contributed by atoms with Crippen molar-refractivity contribution in [3.63, 3.8) is 0 Å². The van der Waals surface area contributed by atoms with Crippen molar-refractivity contribution in [1.82, 2.24) is 4.98 Å². The van der Waals surface area contributed by atoms with Crippen LogP contribution >= 0.6 is 27.3 Å². The monoisotopic (exact) mass is 392 g/mol. The molecule has 118 valence electrons. The van der Waals surface area contributed by atoms with Crippen molar-refractivity contribution in [1.29, 1.82) is 0 Å². The van der Waals surface area contributed by atoms with Crippen molar-refractivity contribution in [3.8, 4) is 0 Å². The molecule has 1 N–H and O–H groups in total. The molecular weight excluding hydrogens is 379 g/mol. The summed E-state index contributed by atoms with van der Waals surface area (Å²) in [5.41, 5.74) is 3.49. The first kappa shape index (κ1) is 16.1. The molecule has 0 aliphatic carbocycles. The predicted octanol–water partition coefficient (Wildman–Crippen LogP) is 5.00. The maximum atomic E-state index is 13.9. The Hall–Kier alpha value is -1.79. The molecule has 0 radical (unpaired) electrons. The second-order valence-electron chi connectivity index (χ2n) is 5.39. The van der Waals surface area contributed by atoms with Gasteiger partial charge < -0.3 is 5.32 Å². The number of nitrogens with zero attached hydrogens (tertiary/aromatic N) is 1. The number of thiazole rings is 1. The van der Waals surface area contributed by atoms with Gasteiger partial charge in [-0.15, -0.1) is 0 Å². The maximum Gasteiger partial charge on any atom is 0.230 e. The summed E-state index contributed by atoms with van der Waals surface area (Å²) in [6.45, 7) is 4.04. The van der Waals surface area contributed by atoms with Crippen molar-refractivity contribution in [2.75, 3.05) is 5.32 Å². The van der Waals surface area contributed by atoms with Gasteiger partial charge in [-0.25, -0.2) is 9.37 Å². The van der Waals surface area contributed by atoms with E-state index in [-0.39, 0.29) is 12.3 Å². The number of nitrogens with one attached hydrogen (secondary N) is 1. The number of aromatic nitrogens is 1. The summed E-state index contributed by atoms with van der Waals surface area (Å²) in [7, 11) is 0. The number of hydrogen-bond acceptors (Lipinski definition) is 3. The Bertz CT molecular complexity index is 907. The van der Waals surface area contributed by atoms with Crippen molar-refractivity contribution in [3.05, 3.63) is 57.3 Å². The molecule has 0 spiro atoms. The van der Waals surface area contributed by atoms with E-state index in [9.17, 15) is 9.18 Å². The van der Waals surface area contributed by atoms with Gasteiger partial charge in [0.25, 0.3) is 0 Å². The Morgan fingerprint density at radius 3 is 2.91 bits per heavy atom. The molecule has 3 rings (SSSR count). The molecule has 0 aliphatic rings. The highest BCUT2D eigenvalue weighted by Gasteiger charge is 2.13. The van der Waals surface area contributed by atoms with Gasteiger partial charge in [-0.05, 0) is 58.6 Å². The fourth-order valence-electron chi connectivity index (χ4n) is 2.45. The summed E-state index contributed by atoms with van der Waals surface area (Å²) in [6, 6.07) is 8.99. The Labute approximate surface area is 145 Å². The third kappa shape index (κ3) is 3.43. The third-order valence-electron chi connectivity index (χ3n) is 3.45. The Morgan fingerprint density at radius 1 is 1.35 bits per heavy atom. The largest absolute Gasteiger partial charge is 0.302 e. The zero-order valence-electron chi connectivity index (χ0n) is 12.6. The van der Waals surface area contributed by atoms with Gasteiger partial charge >= 0.3 is 0 Å². The van der Waals surface area contributed by atoms with Crippen molar-refractivity contribution >= 4 is 48.5 Å². The zero-order chi connectivity index (χ0) is 16.6. The molecule has 1 heterocycles. The van der Waals surface area contributed by atoms with Crippen LogP contribution < -0.4 is 5.32 Å². The summed E-state index contributed by atoms with van der Waals surface area (Å²) in [4.78, 5) is 16.6. The minimum absolute atomic E-state index is 0.0286. The molecule has 0 saturated carbocycles. The molecule has 6 heteroatoms. The van der Waals surface area contributed by atoms with Crippen molar-refractivity contribution in [2.45, 2.75) is 20.3 Å². The van der Waals surface area contributed by atoms with Crippen molar-refractivity contribution < 1.29 is 9.18 Å². The third-order valence-corrected chi connectivity index (χ3v) is 5.18. The van der Waals surface area contributed by atoms with Crippen LogP contribution in [0.1, 0.15) is 16.7 Å². The number of benzene rings is 2. The number of carbonyl (C=O) groups is 1. The van der Waals surface area contributed by atoms with E-state index in [4.69, 9.17) is 0 Å². The van der Waals surface area contributed by atoms with Crippen LogP contribution in [0.3, 0.4) is 0 Å². The molecule has 0 fully saturated rings. The average Bonchev–Trinajstić information content (AvgIpc) is 2.86. The summed E-state index contributed by atoms with van der Waals surface area (Å²) in [6.07, 6.45) is -0.0286. The van der Waals surface area contributed by atoms with Crippen LogP contribution in [0.2, 0.25) is 0 Å². The summed E-state index contributed by atoms with van der Waals surface area (Å²) < 4.78 is 15.3. The smallest absolute Gasteiger partial charge is 0.230 e. The molecule has 0 saturated heterocycles. The van der Waals surface area contributed by atoms with Gasteiger partial charge in [-0.3, -0.25) is 4.79 Å². The van der Waals surface area contributed by atoms with Gasteiger partial charge in [0.1, 0.15) is 5.82 Å². The Balaban J connectivity index is 1.80. The zero-order valence-corrected chi connectivity index (χ0v) is 15.0. The van der Waals surface area contributed by atoms with Gasteiger partial charge in [0, 0.05) is 0 Å². The van der Waals surface area contributed by atoms with E-state index in [1.165, 1.54) is 11.3 Å². The first-order chi connectivity index (χ1) is 10.9. The molecule has 0 bridgehead atoms. The lowest BCUT2D eigenvalue weighted by molar-refractivity contribution is -0.115. The molecule has 3 aromatic rings. The second kappa shape index (κ2) is 6.37. The van der Waals surface area contributed by atoms with Gasteiger partial charge in [0.15, 0.2) is 5.13 Å². The van der Waals surface area contributed by atoms with Crippen LogP contribution in [-0.4, -0.2) is 10.9 Å². The number of carbonyl (C=O) groups excluding carboxylic acids is 1. The summed E-state index contributed by atoms with van der Waals surface area (Å²) in [5, 5.41) is 3.30. The van der Waals surface area contributed by atoms with Gasteiger partial charge in [0.2, 0.25) is 5.91 Å². The fourth-order valence-corrected chi connectivity index (χ4v) is 3.79. The predicted molar refractivity (Wildman–Crippen MR) is 95.5 cm³/mol. The number of aryl methyl sites for hydroxylation is 2. The molecule has 3 nitrogen and oxygen atoms in total. The lowest BCUT2D eigenvalue weighted by atomic mass is 10.1. The maximum absolute atomic E-state index is 13.9. The van der Waals surface area contributed by atoms with E-state index in [2.05, 4.69) is 32.3 Å². The highest BCUT2D eigenvalue weighted by atomic mass is 79.9. The SMILES string of the molecule is Cc1cc(C)c2sc(NC(=O)Cc3cccc(Br)c3F)nc2c1. The summed E-state index contributed by atoms with van der Waals surface area (Å²) in [5.74, 6) is -0.686. The van der Waals surface area contributed by atoms with Crippen molar-refractivity contribution in [2.24, 2.45) is 0 Å². The number of amides is 1. The number of anilines is 1. The standard InChI is InChI=1S/C17H14BrFN2OS/c1-9-6-10(2)16-13(7-9)20-17(23-16)21-14(22)8-11-4-3-5-12(18)15(11)19/h3-7H,8H2,1-2H3,(H,20,21,22). The van der Waals surface area contributed by atoms with E-state index in [1.54, 1.807) is 18.2 Å². The van der Waals surface area contributed by atoms with E-state index >= 15 is 0 Å². The van der Waals surface area contributed by atoms with Crippen LogP contribution in [-0.2, 0) is 11.2 Å². The molecule has 2 aromatic carbocycles. The first-order valence-corrected chi connectivity index (χ1v) is 8.65. The minimum Gasteiger partial charge on any atom is -0.302 e. The Kier molecular flexibility index (Phi) is 4.46. The molecule has 0 aliphatic heterocycles. The van der Waals surface area contributed by atoms with E-state index in [1.807, 2.05) is 19.9 Å². The van der Waals surface area contributed by atoms with E-state index in [0.717, 1.165) is 21.3 Å². The fraction of sp³-hybridized carbons (Fsp3) is 0.176. The highest BCUT2D eigenvalue weighted by molar-refractivity contribution is 9.10. The Morgan fingerprint density at radius 2 is 2.13 bits per heavy atom.